The first kappa shape index (κ1) is 18.6. The third-order valence-corrected chi connectivity index (χ3v) is 4.36. The lowest BCUT2D eigenvalue weighted by atomic mass is 10.1. The topological polar surface area (TPSA) is 73.2 Å². The van der Waals surface area contributed by atoms with E-state index in [0.717, 1.165) is 6.42 Å². The molecule has 140 valence electrons. The van der Waals surface area contributed by atoms with E-state index in [0.29, 0.717) is 40.4 Å². The van der Waals surface area contributed by atoms with Gasteiger partial charge in [-0.05, 0) is 42.7 Å². The molecule has 0 aliphatic heterocycles. The number of nitrogens with one attached hydrogen (secondary N) is 1. The Balaban J connectivity index is 1.91. The Kier molecular flexibility index (Phi) is 5.54. The molecule has 0 spiro atoms. The Labute approximate surface area is 157 Å². The summed E-state index contributed by atoms with van der Waals surface area (Å²) in [4.78, 5) is 29.5. The summed E-state index contributed by atoms with van der Waals surface area (Å²) in [5, 5.41) is 3.35. The monoisotopic (exact) mass is 365 g/mol. The van der Waals surface area contributed by atoms with E-state index in [1.807, 2.05) is 18.2 Å². The lowest BCUT2D eigenvalue weighted by molar-refractivity contribution is 0.0952. The maximum Gasteiger partial charge on any atom is 0.265 e. The number of amides is 1. The molecule has 1 heterocycles. The van der Waals surface area contributed by atoms with Crippen LogP contribution < -0.4 is 15.6 Å². The molecule has 0 saturated carbocycles. The smallest absolute Gasteiger partial charge is 0.265 e. The van der Waals surface area contributed by atoms with Crippen molar-refractivity contribution in [3.05, 3.63) is 64.7 Å². The molecule has 27 heavy (non-hydrogen) atoms. The Morgan fingerprint density at radius 3 is 2.78 bits per heavy atom. The summed E-state index contributed by atoms with van der Waals surface area (Å²) in [6, 6.07) is 12.2. The van der Waals surface area contributed by atoms with Gasteiger partial charge in [0.05, 0.1) is 23.7 Å². The number of carbonyl (C=O) groups excluding carboxylic acids is 1. The molecule has 0 radical (unpaired) electrons. The van der Waals surface area contributed by atoms with E-state index in [9.17, 15) is 9.59 Å². The van der Waals surface area contributed by atoms with Gasteiger partial charge in [0.2, 0.25) is 0 Å². The summed E-state index contributed by atoms with van der Waals surface area (Å²) in [5.41, 5.74) is 1.47. The highest BCUT2D eigenvalue weighted by molar-refractivity contribution is 5.97. The van der Waals surface area contributed by atoms with E-state index < -0.39 is 0 Å². The minimum Gasteiger partial charge on any atom is -0.497 e. The first-order valence-corrected chi connectivity index (χ1v) is 8.93. The first-order chi connectivity index (χ1) is 13.0. The molecular formula is C21H23N3O3. The van der Waals surface area contributed by atoms with E-state index in [-0.39, 0.29) is 11.5 Å². The van der Waals surface area contributed by atoms with E-state index in [4.69, 9.17) is 4.74 Å². The van der Waals surface area contributed by atoms with Gasteiger partial charge in [0.15, 0.2) is 0 Å². The van der Waals surface area contributed by atoms with Crippen molar-refractivity contribution in [1.82, 2.24) is 14.9 Å². The molecule has 1 amide bonds. The quantitative estimate of drug-likeness (QED) is 0.728. The van der Waals surface area contributed by atoms with Crippen LogP contribution in [0.25, 0.3) is 16.6 Å². The van der Waals surface area contributed by atoms with Crippen molar-refractivity contribution < 1.29 is 9.53 Å². The molecule has 0 aliphatic carbocycles. The van der Waals surface area contributed by atoms with Gasteiger partial charge in [0, 0.05) is 18.2 Å². The Hall–Kier alpha value is -3.15. The molecule has 0 saturated heterocycles. The second-order valence-electron chi connectivity index (χ2n) is 6.79. The van der Waals surface area contributed by atoms with E-state index in [2.05, 4.69) is 24.1 Å². The van der Waals surface area contributed by atoms with Crippen molar-refractivity contribution >= 4 is 16.8 Å². The molecular weight excluding hydrogens is 342 g/mol. The molecule has 6 heteroatoms. The Morgan fingerprint density at radius 1 is 1.22 bits per heavy atom. The summed E-state index contributed by atoms with van der Waals surface area (Å²) < 4.78 is 6.68. The number of hydrogen-bond donors (Lipinski definition) is 1. The van der Waals surface area contributed by atoms with Crippen molar-refractivity contribution in [2.75, 3.05) is 13.7 Å². The number of ether oxygens (including phenoxy) is 1. The van der Waals surface area contributed by atoms with Crippen LogP contribution in [-0.2, 0) is 0 Å². The van der Waals surface area contributed by atoms with Crippen molar-refractivity contribution in [2.45, 2.75) is 20.3 Å². The normalized spacial score (nSPS) is 11.0. The fourth-order valence-electron chi connectivity index (χ4n) is 2.78. The van der Waals surface area contributed by atoms with Gasteiger partial charge in [0.25, 0.3) is 11.5 Å². The van der Waals surface area contributed by atoms with Crippen LogP contribution in [0.4, 0.5) is 0 Å². The van der Waals surface area contributed by atoms with Crippen molar-refractivity contribution in [3.63, 3.8) is 0 Å². The molecule has 3 rings (SSSR count). The minimum atomic E-state index is -0.194. The number of nitrogens with zero attached hydrogens (tertiary/aromatic N) is 2. The summed E-state index contributed by atoms with van der Waals surface area (Å²) in [6.07, 6.45) is 2.39. The average molecular weight is 365 g/mol. The number of hydrogen-bond acceptors (Lipinski definition) is 4. The van der Waals surface area contributed by atoms with Gasteiger partial charge in [-0.3, -0.25) is 14.2 Å². The predicted molar refractivity (Wildman–Crippen MR) is 106 cm³/mol. The fraction of sp³-hybridized carbons (Fsp3) is 0.286. The van der Waals surface area contributed by atoms with Gasteiger partial charge in [-0.2, -0.15) is 0 Å². The van der Waals surface area contributed by atoms with E-state index in [1.54, 1.807) is 31.4 Å². The molecule has 0 unspecified atom stereocenters. The van der Waals surface area contributed by atoms with Gasteiger partial charge >= 0.3 is 0 Å². The van der Waals surface area contributed by atoms with Crippen molar-refractivity contribution in [1.29, 1.82) is 0 Å². The van der Waals surface area contributed by atoms with Crippen molar-refractivity contribution in [2.24, 2.45) is 5.92 Å². The number of aromatic nitrogens is 2. The number of fused-ring (bicyclic) bond motifs is 1. The zero-order valence-electron chi connectivity index (χ0n) is 15.7. The molecule has 0 bridgehead atoms. The highest BCUT2D eigenvalue weighted by Gasteiger charge is 2.11. The van der Waals surface area contributed by atoms with Crippen LogP contribution in [0, 0.1) is 5.92 Å². The third-order valence-electron chi connectivity index (χ3n) is 4.36. The predicted octanol–water partition coefficient (Wildman–Crippen LogP) is 3.17. The summed E-state index contributed by atoms with van der Waals surface area (Å²) in [5.74, 6) is 1.03. The molecule has 0 fully saturated rings. The number of carbonyl (C=O) groups is 1. The summed E-state index contributed by atoms with van der Waals surface area (Å²) in [7, 11) is 1.58. The largest absolute Gasteiger partial charge is 0.497 e. The van der Waals surface area contributed by atoms with Crippen LogP contribution in [0.3, 0.4) is 0 Å². The average Bonchev–Trinajstić information content (AvgIpc) is 2.67. The zero-order chi connectivity index (χ0) is 19.4. The van der Waals surface area contributed by atoms with Gasteiger partial charge in [0.1, 0.15) is 12.1 Å². The lowest BCUT2D eigenvalue weighted by Gasteiger charge is -2.10. The van der Waals surface area contributed by atoms with Gasteiger partial charge in [-0.1, -0.05) is 19.9 Å². The molecule has 1 N–H and O–H groups in total. The highest BCUT2D eigenvalue weighted by Crippen LogP contribution is 2.16. The maximum absolute atomic E-state index is 12.8. The maximum atomic E-state index is 12.8. The van der Waals surface area contributed by atoms with Crippen LogP contribution in [0.1, 0.15) is 30.6 Å². The third kappa shape index (κ3) is 4.16. The molecule has 1 aromatic heterocycles. The van der Waals surface area contributed by atoms with Crippen molar-refractivity contribution in [3.8, 4) is 11.4 Å². The zero-order valence-corrected chi connectivity index (χ0v) is 15.7. The Morgan fingerprint density at radius 2 is 2.04 bits per heavy atom. The summed E-state index contributed by atoms with van der Waals surface area (Å²) >= 11 is 0. The SMILES string of the molecule is COc1cccc(-n2cnc3cc(C(=O)NCCC(C)C)ccc3c2=O)c1. The van der Waals surface area contributed by atoms with Crippen LogP contribution in [0.15, 0.2) is 53.6 Å². The molecule has 0 atom stereocenters. The molecule has 2 aromatic carbocycles. The first-order valence-electron chi connectivity index (χ1n) is 8.93. The lowest BCUT2D eigenvalue weighted by Crippen LogP contribution is -2.25. The van der Waals surface area contributed by atoms with Crippen LogP contribution in [-0.4, -0.2) is 29.1 Å². The summed E-state index contributed by atoms with van der Waals surface area (Å²) in [6.45, 7) is 4.85. The Bertz CT molecular complexity index is 1020. The van der Waals surface area contributed by atoms with Crippen LogP contribution in [0.2, 0.25) is 0 Å². The van der Waals surface area contributed by atoms with E-state index in [1.165, 1.54) is 10.9 Å². The molecule has 6 nitrogen and oxygen atoms in total. The second-order valence-corrected chi connectivity index (χ2v) is 6.79. The number of rotatable bonds is 6. The highest BCUT2D eigenvalue weighted by atomic mass is 16.5. The van der Waals surface area contributed by atoms with E-state index >= 15 is 0 Å². The van der Waals surface area contributed by atoms with Gasteiger partial charge < -0.3 is 10.1 Å². The number of methoxy groups -OCH3 is 1. The van der Waals surface area contributed by atoms with Crippen LogP contribution in [0.5, 0.6) is 5.75 Å². The van der Waals surface area contributed by atoms with Gasteiger partial charge in [-0.15, -0.1) is 0 Å². The fourth-order valence-corrected chi connectivity index (χ4v) is 2.78. The second kappa shape index (κ2) is 8.03. The molecule has 3 aromatic rings. The standard InChI is InChI=1S/C21H23N3O3/c1-14(2)9-10-22-20(25)15-7-8-18-19(11-15)23-13-24(21(18)26)16-5-4-6-17(12-16)27-3/h4-8,11-14H,9-10H2,1-3H3,(H,22,25). The minimum absolute atomic E-state index is 0.156. The van der Waals surface area contributed by atoms with Crippen LogP contribution >= 0.6 is 0 Å². The molecule has 0 aliphatic rings. The van der Waals surface area contributed by atoms with Gasteiger partial charge in [-0.25, -0.2) is 4.98 Å². The number of benzene rings is 2.